The fraction of sp³-hybridized carbons (Fsp3) is 0.250. The molecule has 0 aliphatic rings. The molecule has 52 heavy (non-hydrogen) atoms. The van der Waals surface area contributed by atoms with Crippen LogP contribution in [0.3, 0.4) is 0 Å². The molecule has 0 aromatic heterocycles. The van der Waals surface area contributed by atoms with Gasteiger partial charge >= 0.3 is 11.9 Å². The Morgan fingerprint density at radius 3 is 1.19 bits per heavy atom. The first-order valence-electron chi connectivity index (χ1n) is 16.2. The minimum atomic E-state index is -0.630. The molecule has 0 amide bonds. The topological polar surface area (TPSA) is 170 Å². The number of hydrogen-bond donors (Lipinski definition) is 4. The van der Waals surface area contributed by atoms with Crippen LogP contribution in [0, 0.1) is 11.8 Å². The van der Waals surface area contributed by atoms with Gasteiger partial charge in [0.05, 0.1) is 41.7 Å². The number of benzene rings is 4. The molecule has 12 nitrogen and oxygen atoms in total. The first kappa shape index (κ1) is 38.5. The second-order valence-corrected chi connectivity index (χ2v) is 11.7. The Hall–Kier alpha value is -6.30. The summed E-state index contributed by atoms with van der Waals surface area (Å²) < 4.78 is 32.4. The molecule has 0 bridgehead atoms. The van der Waals surface area contributed by atoms with Crippen molar-refractivity contribution in [2.45, 2.75) is 12.8 Å². The van der Waals surface area contributed by atoms with Crippen molar-refractivity contribution in [2.75, 3.05) is 41.7 Å². The third-order valence-electron chi connectivity index (χ3n) is 8.26. The average molecular weight is 715 g/mol. The molecule has 0 aliphatic carbocycles. The molecule has 0 saturated carbocycles. The Labute approximate surface area is 301 Å². The lowest BCUT2D eigenvalue weighted by atomic mass is 9.83. The number of phenolic OH excluding ortho intramolecular Hbond substituents is 4. The normalized spacial score (nSPS) is 12.3. The van der Waals surface area contributed by atoms with E-state index in [-0.39, 0.29) is 59.2 Å². The van der Waals surface area contributed by atoms with E-state index in [0.717, 1.165) is 11.1 Å². The zero-order chi connectivity index (χ0) is 37.6. The lowest BCUT2D eigenvalue weighted by molar-refractivity contribution is -0.143. The van der Waals surface area contributed by atoms with Crippen LogP contribution in [-0.4, -0.2) is 74.0 Å². The van der Waals surface area contributed by atoms with Gasteiger partial charge in [0.15, 0.2) is 46.0 Å². The van der Waals surface area contributed by atoms with Crippen LogP contribution in [0.2, 0.25) is 0 Å². The summed E-state index contributed by atoms with van der Waals surface area (Å²) in [6.07, 6.45) is 6.25. The van der Waals surface area contributed by atoms with E-state index in [9.17, 15) is 30.0 Å². The molecule has 4 rings (SSSR count). The number of aromatic hydroxyl groups is 4. The van der Waals surface area contributed by atoms with Gasteiger partial charge in [0.1, 0.15) is 0 Å². The van der Waals surface area contributed by atoms with Crippen LogP contribution in [-0.2, 0) is 31.9 Å². The second-order valence-electron chi connectivity index (χ2n) is 11.7. The minimum absolute atomic E-state index is 0.0370. The fourth-order valence-corrected chi connectivity index (χ4v) is 5.43. The number of carbonyl (C=O) groups excluding carboxylic acids is 2. The molecule has 0 aliphatic heterocycles. The number of phenols is 4. The van der Waals surface area contributed by atoms with Gasteiger partial charge in [0.2, 0.25) is 0 Å². The molecule has 274 valence electrons. The van der Waals surface area contributed by atoms with Gasteiger partial charge < -0.3 is 48.8 Å². The Morgan fingerprint density at radius 1 is 0.519 bits per heavy atom. The fourth-order valence-electron chi connectivity index (χ4n) is 5.43. The highest BCUT2D eigenvalue weighted by molar-refractivity contribution is 5.87. The second kappa shape index (κ2) is 18.6. The number of methoxy groups -OCH3 is 4. The third-order valence-corrected chi connectivity index (χ3v) is 8.26. The van der Waals surface area contributed by atoms with E-state index in [0.29, 0.717) is 24.0 Å². The molecule has 12 heteroatoms. The molecule has 0 radical (unpaired) electrons. The Bertz CT molecular complexity index is 1760. The quantitative estimate of drug-likeness (QED) is 0.0736. The van der Waals surface area contributed by atoms with Crippen LogP contribution in [0.5, 0.6) is 46.0 Å². The molecule has 0 saturated heterocycles. The van der Waals surface area contributed by atoms with Gasteiger partial charge in [0.25, 0.3) is 0 Å². The molecule has 4 aromatic rings. The zero-order valence-corrected chi connectivity index (χ0v) is 29.3. The summed E-state index contributed by atoms with van der Waals surface area (Å²) in [6.45, 7) is -0.155. The Kier molecular flexibility index (Phi) is 13.8. The van der Waals surface area contributed by atoms with Crippen molar-refractivity contribution < 1.29 is 58.4 Å². The van der Waals surface area contributed by atoms with Crippen molar-refractivity contribution >= 4 is 24.1 Å². The van der Waals surface area contributed by atoms with Crippen LogP contribution in [0.15, 0.2) is 84.9 Å². The smallest absolute Gasteiger partial charge is 0.330 e. The predicted octanol–water partition coefficient (Wildman–Crippen LogP) is 6.07. The number of hydrogen-bond acceptors (Lipinski definition) is 12. The van der Waals surface area contributed by atoms with Gasteiger partial charge in [0, 0.05) is 24.0 Å². The molecular formula is C40H42O12. The summed E-state index contributed by atoms with van der Waals surface area (Å²) in [4.78, 5) is 26.0. The van der Waals surface area contributed by atoms with Gasteiger partial charge in [-0.25, -0.2) is 9.59 Å². The van der Waals surface area contributed by atoms with Crippen molar-refractivity contribution in [3.8, 4) is 46.0 Å². The average Bonchev–Trinajstić information content (AvgIpc) is 3.15. The van der Waals surface area contributed by atoms with Crippen LogP contribution < -0.4 is 18.9 Å². The first-order valence-corrected chi connectivity index (χ1v) is 16.2. The van der Waals surface area contributed by atoms with E-state index in [1.165, 1.54) is 77.0 Å². The van der Waals surface area contributed by atoms with Crippen molar-refractivity contribution in [2.24, 2.45) is 11.8 Å². The highest BCUT2D eigenvalue weighted by Gasteiger charge is 2.26. The van der Waals surface area contributed by atoms with E-state index in [4.69, 9.17) is 28.4 Å². The highest BCUT2D eigenvalue weighted by atomic mass is 16.5. The lowest BCUT2D eigenvalue weighted by Gasteiger charge is -2.27. The summed E-state index contributed by atoms with van der Waals surface area (Å²) in [7, 11) is 5.73. The Balaban J connectivity index is 1.61. The third kappa shape index (κ3) is 10.8. The van der Waals surface area contributed by atoms with E-state index >= 15 is 0 Å². The van der Waals surface area contributed by atoms with E-state index in [1.54, 1.807) is 48.5 Å². The van der Waals surface area contributed by atoms with Crippen molar-refractivity contribution in [3.63, 3.8) is 0 Å². The standard InChI is InChI=1S/C40H42O12/c1-47-35-19-25(5-11-31(35)41)9-15-39(45)51-23-29(17-27-7-13-33(43)37(21-27)49-3)30(18-28-8-14-34(44)38(22-28)50-4)24-52-40(46)16-10-26-6-12-32(42)36(20-26)48-2/h5-16,19-22,29-30,41-44H,17-18,23-24H2,1-4H3/b15-9+,16-10+/t29-,30+. The summed E-state index contributed by atoms with van der Waals surface area (Å²) in [5, 5.41) is 40.2. The van der Waals surface area contributed by atoms with E-state index < -0.39 is 23.8 Å². The summed E-state index contributed by atoms with van der Waals surface area (Å²) in [6, 6.07) is 19.1. The number of esters is 2. The zero-order valence-electron chi connectivity index (χ0n) is 29.3. The van der Waals surface area contributed by atoms with Crippen molar-refractivity contribution in [1.82, 2.24) is 0 Å². The van der Waals surface area contributed by atoms with Gasteiger partial charge in [-0.3, -0.25) is 0 Å². The summed E-state index contributed by atoms with van der Waals surface area (Å²) >= 11 is 0. The van der Waals surface area contributed by atoms with Gasteiger partial charge in [-0.05, 0) is 95.8 Å². The lowest BCUT2D eigenvalue weighted by Crippen LogP contribution is -2.30. The van der Waals surface area contributed by atoms with E-state index in [2.05, 4.69) is 0 Å². The van der Waals surface area contributed by atoms with E-state index in [1.807, 2.05) is 0 Å². The SMILES string of the molecule is COc1cc(/C=C/C(=O)OC[C@H](Cc2ccc(O)c(OC)c2)[C@@H](COC(=O)/C=C/c2ccc(O)c(OC)c2)Cc2ccc(O)c(OC)c2)ccc1O. The van der Waals surface area contributed by atoms with Gasteiger partial charge in [-0.15, -0.1) is 0 Å². The molecule has 0 fully saturated rings. The minimum Gasteiger partial charge on any atom is -0.504 e. The maximum absolute atomic E-state index is 13.0. The predicted molar refractivity (Wildman–Crippen MR) is 193 cm³/mol. The van der Waals surface area contributed by atoms with Gasteiger partial charge in [-0.2, -0.15) is 0 Å². The Morgan fingerprint density at radius 2 is 0.846 bits per heavy atom. The number of ether oxygens (including phenoxy) is 6. The van der Waals surface area contributed by atoms with Crippen LogP contribution >= 0.6 is 0 Å². The van der Waals surface area contributed by atoms with Gasteiger partial charge in [-0.1, -0.05) is 24.3 Å². The largest absolute Gasteiger partial charge is 0.504 e. The first-order chi connectivity index (χ1) is 25.0. The van der Waals surface area contributed by atoms with Crippen LogP contribution in [0.4, 0.5) is 0 Å². The van der Waals surface area contributed by atoms with Crippen LogP contribution in [0.1, 0.15) is 22.3 Å². The molecule has 0 spiro atoms. The van der Waals surface area contributed by atoms with Crippen molar-refractivity contribution in [3.05, 3.63) is 107 Å². The number of rotatable bonds is 17. The molecular weight excluding hydrogens is 672 g/mol. The molecule has 4 N–H and O–H groups in total. The summed E-state index contributed by atoms with van der Waals surface area (Å²) in [5.41, 5.74) is 2.74. The monoisotopic (exact) mass is 714 g/mol. The summed E-state index contributed by atoms with van der Waals surface area (Å²) in [5.74, 6) is -1.24. The molecule has 2 atom stereocenters. The maximum atomic E-state index is 13.0. The number of carbonyl (C=O) groups is 2. The maximum Gasteiger partial charge on any atom is 0.330 e. The van der Waals surface area contributed by atoms with Crippen molar-refractivity contribution in [1.29, 1.82) is 0 Å². The molecule has 4 aromatic carbocycles. The molecule has 0 heterocycles. The molecule has 0 unspecified atom stereocenters. The van der Waals surface area contributed by atoms with Crippen LogP contribution in [0.25, 0.3) is 12.2 Å². The highest BCUT2D eigenvalue weighted by Crippen LogP contribution is 2.33.